The zero-order valence-corrected chi connectivity index (χ0v) is 16.1. The van der Waals surface area contributed by atoms with Crippen LogP contribution >= 0.6 is 0 Å². The molecule has 0 aliphatic carbocycles. The molecule has 27 heavy (non-hydrogen) atoms. The minimum absolute atomic E-state index is 0.131. The fourth-order valence-corrected chi connectivity index (χ4v) is 3.39. The van der Waals surface area contributed by atoms with Crippen molar-refractivity contribution in [2.45, 2.75) is 27.7 Å². The number of nitrogens with zero attached hydrogens (tertiary/aromatic N) is 1. The SMILES string of the molecule is CCN(CC)c1ccc2c(C)c(-c3ccc(NC(C)=O)cc3)c(=O)oc2c1. The molecule has 0 unspecified atom stereocenters. The van der Waals surface area contributed by atoms with Crippen LogP contribution in [0.3, 0.4) is 0 Å². The van der Waals surface area contributed by atoms with Crippen molar-refractivity contribution in [3.8, 4) is 11.1 Å². The summed E-state index contributed by atoms with van der Waals surface area (Å²) in [5, 5.41) is 3.65. The topological polar surface area (TPSA) is 62.6 Å². The smallest absolute Gasteiger partial charge is 0.344 e. The lowest BCUT2D eigenvalue weighted by Gasteiger charge is -2.21. The third-order valence-corrected chi connectivity index (χ3v) is 4.77. The van der Waals surface area contributed by atoms with Crippen molar-refractivity contribution in [3.63, 3.8) is 0 Å². The van der Waals surface area contributed by atoms with E-state index in [1.807, 2.05) is 31.2 Å². The highest BCUT2D eigenvalue weighted by Gasteiger charge is 2.14. The lowest BCUT2D eigenvalue weighted by atomic mass is 9.99. The van der Waals surface area contributed by atoms with Crippen LogP contribution in [0.15, 0.2) is 51.7 Å². The third-order valence-electron chi connectivity index (χ3n) is 4.77. The number of nitrogens with one attached hydrogen (secondary N) is 1. The van der Waals surface area contributed by atoms with Gasteiger partial charge in [0.25, 0.3) is 0 Å². The molecule has 1 heterocycles. The summed E-state index contributed by atoms with van der Waals surface area (Å²) in [7, 11) is 0. The van der Waals surface area contributed by atoms with E-state index in [2.05, 4.69) is 30.1 Å². The van der Waals surface area contributed by atoms with Gasteiger partial charge in [0.05, 0.1) is 5.56 Å². The van der Waals surface area contributed by atoms with Crippen molar-refractivity contribution in [1.29, 1.82) is 0 Å². The molecule has 5 nitrogen and oxygen atoms in total. The van der Waals surface area contributed by atoms with Gasteiger partial charge in [-0.05, 0) is 56.2 Å². The zero-order chi connectivity index (χ0) is 19.6. The third kappa shape index (κ3) is 3.72. The number of anilines is 2. The van der Waals surface area contributed by atoms with E-state index in [1.165, 1.54) is 6.92 Å². The number of amides is 1. The largest absolute Gasteiger partial charge is 0.422 e. The van der Waals surface area contributed by atoms with Crippen LogP contribution in [-0.2, 0) is 4.79 Å². The molecule has 2 aromatic carbocycles. The van der Waals surface area contributed by atoms with Gasteiger partial charge in [-0.15, -0.1) is 0 Å². The van der Waals surface area contributed by atoms with Gasteiger partial charge in [-0.1, -0.05) is 12.1 Å². The molecule has 0 atom stereocenters. The average molecular weight is 364 g/mol. The number of aryl methyl sites for hydroxylation is 1. The number of benzene rings is 2. The Morgan fingerprint density at radius 1 is 1.07 bits per heavy atom. The highest BCUT2D eigenvalue weighted by atomic mass is 16.4. The van der Waals surface area contributed by atoms with Crippen LogP contribution in [0.25, 0.3) is 22.1 Å². The van der Waals surface area contributed by atoms with E-state index in [4.69, 9.17) is 4.42 Å². The second-order valence-electron chi connectivity index (χ2n) is 6.50. The molecule has 0 saturated carbocycles. The van der Waals surface area contributed by atoms with Crippen molar-refractivity contribution < 1.29 is 9.21 Å². The summed E-state index contributed by atoms with van der Waals surface area (Å²) < 4.78 is 5.65. The Hall–Kier alpha value is -3.08. The Kier molecular flexibility index (Phi) is 5.31. The Morgan fingerprint density at radius 3 is 2.33 bits per heavy atom. The monoisotopic (exact) mass is 364 g/mol. The fourth-order valence-electron chi connectivity index (χ4n) is 3.39. The maximum absolute atomic E-state index is 12.7. The summed E-state index contributed by atoms with van der Waals surface area (Å²) >= 11 is 0. The maximum Gasteiger partial charge on any atom is 0.344 e. The van der Waals surface area contributed by atoms with E-state index in [1.54, 1.807) is 12.1 Å². The summed E-state index contributed by atoms with van der Waals surface area (Å²) in [6.07, 6.45) is 0. The molecule has 0 bridgehead atoms. The second-order valence-corrected chi connectivity index (χ2v) is 6.50. The average Bonchev–Trinajstić information content (AvgIpc) is 2.63. The van der Waals surface area contributed by atoms with E-state index < -0.39 is 0 Å². The molecule has 5 heteroatoms. The zero-order valence-electron chi connectivity index (χ0n) is 16.1. The van der Waals surface area contributed by atoms with Gasteiger partial charge in [0.1, 0.15) is 5.58 Å². The van der Waals surface area contributed by atoms with Gasteiger partial charge in [-0.3, -0.25) is 4.79 Å². The van der Waals surface area contributed by atoms with Gasteiger partial charge in [-0.25, -0.2) is 4.79 Å². The fraction of sp³-hybridized carbons (Fsp3) is 0.273. The van der Waals surface area contributed by atoms with Crippen LogP contribution in [-0.4, -0.2) is 19.0 Å². The Morgan fingerprint density at radius 2 is 1.74 bits per heavy atom. The van der Waals surface area contributed by atoms with E-state index in [0.717, 1.165) is 35.3 Å². The van der Waals surface area contributed by atoms with E-state index in [0.29, 0.717) is 16.8 Å². The number of hydrogen-bond donors (Lipinski definition) is 1. The molecule has 1 N–H and O–H groups in total. The van der Waals surface area contributed by atoms with Crippen molar-refractivity contribution in [3.05, 3.63) is 58.4 Å². The van der Waals surface area contributed by atoms with Crippen molar-refractivity contribution in [2.75, 3.05) is 23.3 Å². The summed E-state index contributed by atoms with van der Waals surface area (Å²) in [6, 6.07) is 13.2. The van der Waals surface area contributed by atoms with Crippen molar-refractivity contribution in [1.82, 2.24) is 0 Å². The van der Waals surface area contributed by atoms with Crippen LogP contribution in [0.2, 0.25) is 0 Å². The molecule has 3 rings (SSSR count). The van der Waals surface area contributed by atoms with E-state index in [-0.39, 0.29) is 11.5 Å². The number of fused-ring (bicyclic) bond motifs is 1. The molecule has 0 spiro atoms. The van der Waals surface area contributed by atoms with Gasteiger partial charge in [0, 0.05) is 42.8 Å². The van der Waals surface area contributed by atoms with Crippen molar-refractivity contribution >= 4 is 28.3 Å². The van der Waals surface area contributed by atoms with Crippen LogP contribution in [0, 0.1) is 6.92 Å². The normalized spacial score (nSPS) is 10.8. The first-order chi connectivity index (χ1) is 12.9. The number of carbonyl (C=O) groups excluding carboxylic acids is 1. The Bertz CT molecular complexity index is 1030. The molecular formula is C22H24N2O3. The van der Waals surface area contributed by atoms with Crippen LogP contribution in [0.1, 0.15) is 26.3 Å². The molecule has 0 fully saturated rings. The minimum atomic E-state index is -0.357. The lowest BCUT2D eigenvalue weighted by Crippen LogP contribution is -2.21. The van der Waals surface area contributed by atoms with Gasteiger partial charge >= 0.3 is 5.63 Å². The molecular weight excluding hydrogens is 340 g/mol. The second kappa shape index (κ2) is 7.66. The summed E-state index contributed by atoms with van der Waals surface area (Å²) in [5.41, 5.74) is 4.18. The van der Waals surface area contributed by atoms with Gasteiger partial charge in [0.15, 0.2) is 0 Å². The lowest BCUT2D eigenvalue weighted by molar-refractivity contribution is -0.114. The molecule has 0 saturated heterocycles. The minimum Gasteiger partial charge on any atom is -0.422 e. The first kappa shape index (κ1) is 18.7. The van der Waals surface area contributed by atoms with Crippen LogP contribution in [0.4, 0.5) is 11.4 Å². The van der Waals surface area contributed by atoms with Crippen LogP contribution < -0.4 is 15.8 Å². The molecule has 140 valence electrons. The molecule has 0 aliphatic heterocycles. The van der Waals surface area contributed by atoms with Gasteiger partial charge in [0.2, 0.25) is 5.91 Å². The van der Waals surface area contributed by atoms with Gasteiger partial charge < -0.3 is 14.6 Å². The molecule has 1 aromatic heterocycles. The molecule has 0 aliphatic rings. The predicted octanol–water partition coefficient (Wildman–Crippen LogP) is 4.57. The van der Waals surface area contributed by atoms with Crippen molar-refractivity contribution in [2.24, 2.45) is 0 Å². The summed E-state index contributed by atoms with van der Waals surface area (Å²) in [4.78, 5) is 26.1. The van der Waals surface area contributed by atoms with Crippen LogP contribution in [0.5, 0.6) is 0 Å². The molecule has 3 aromatic rings. The molecule has 1 amide bonds. The Labute approximate surface area is 158 Å². The maximum atomic E-state index is 12.7. The quantitative estimate of drug-likeness (QED) is 0.674. The highest BCUT2D eigenvalue weighted by molar-refractivity contribution is 5.90. The summed E-state index contributed by atoms with van der Waals surface area (Å²) in [5.74, 6) is -0.131. The number of rotatable bonds is 5. The first-order valence-electron chi connectivity index (χ1n) is 9.15. The standard InChI is InChI=1S/C22H24N2O3/c1-5-24(6-2)18-11-12-19-14(3)21(22(26)27-20(19)13-18)16-7-9-17(10-8-16)23-15(4)25/h7-13H,5-6H2,1-4H3,(H,23,25). The predicted molar refractivity (Wildman–Crippen MR) is 111 cm³/mol. The molecule has 0 radical (unpaired) electrons. The summed E-state index contributed by atoms with van der Waals surface area (Å²) in [6.45, 7) is 9.38. The van der Waals surface area contributed by atoms with Gasteiger partial charge in [-0.2, -0.15) is 0 Å². The number of hydrogen-bond acceptors (Lipinski definition) is 4. The van der Waals surface area contributed by atoms with E-state index >= 15 is 0 Å². The Balaban J connectivity index is 2.08. The number of carbonyl (C=O) groups is 1. The highest BCUT2D eigenvalue weighted by Crippen LogP contribution is 2.30. The first-order valence-corrected chi connectivity index (χ1v) is 9.15. The van der Waals surface area contributed by atoms with E-state index in [9.17, 15) is 9.59 Å².